The number of halogens is 1. The van der Waals surface area contributed by atoms with E-state index in [1.807, 2.05) is 6.07 Å². The van der Waals surface area contributed by atoms with Crippen LogP contribution >= 0.6 is 23.1 Å². The maximum atomic E-state index is 12.7. The first-order valence-electron chi connectivity index (χ1n) is 13.9. The van der Waals surface area contributed by atoms with Gasteiger partial charge in [0.15, 0.2) is 6.73 Å². The van der Waals surface area contributed by atoms with E-state index in [4.69, 9.17) is 20.7 Å². The molecule has 1 unspecified atom stereocenters. The van der Waals surface area contributed by atoms with E-state index in [-0.39, 0.29) is 24.5 Å². The van der Waals surface area contributed by atoms with Gasteiger partial charge in [-0.3, -0.25) is 19.4 Å². The molecule has 3 aromatic rings. The van der Waals surface area contributed by atoms with Gasteiger partial charge >= 0.3 is 5.97 Å². The Hall–Kier alpha value is -2.68. The Bertz CT molecular complexity index is 1330. The van der Waals surface area contributed by atoms with Gasteiger partial charge in [-0.05, 0) is 65.5 Å². The molecular weight excluding hydrogens is 532 g/mol. The van der Waals surface area contributed by atoms with Crippen LogP contribution in [-0.2, 0) is 27.2 Å². The Kier molecular flexibility index (Phi) is 8.74. The van der Waals surface area contributed by atoms with Crippen molar-refractivity contribution in [3.8, 4) is 0 Å². The highest BCUT2D eigenvalue weighted by atomic mass is 35.5. The number of amides is 1. The average Bonchev–Trinajstić information content (AvgIpc) is 3.46. The number of rotatable bonds is 10. The third kappa shape index (κ3) is 6.56. The predicted molar refractivity (Wildman–Crippen MR) is 159 cm³/mol. The summed E-state index contributed by atoms with van der Waals surface area (Å²) in [6.45, 7) is 11.0. The van der Waals surface area contributed by atoms with Crippen molar-refractivity contribution in [2.75, 3.05) is 49.3 Å². The van der Waals surface area contributed by atoms with Crippen molar-refractivity contribution in [3.63, 3.8) is 0 Å². The third-order valence-electron chi connectivity index (χ3n) is 7.65. The highest BCUT2D eigenvalue weighted by molar-refractivity contribution is 7.13. The standard InChI is InChI=1S/C30H37ClN4O3S/c1-20(2)14-21(3)15-29(37)38-19-35-26-18-25(31)22(16-23(26)17-28(35)36)8-9-33-10-12-34(13-11-33)30-24-6-4-5-7-27(24)39-32-30/h4-7,16,18,20-21H,8-15,17,19H2,1-3H3. The highest BCUT2D eigenvalue weighted by Crippen LogP contribution is 2.35. The molecular formula is C30H37ClN4O3S. The molecule has 7 nitrogen and oxygen atoms in total. The minimum absolute atomic E-state index is 0.0622. The summed E-state index contributed by atoms with van der Waals surface area (Å²) in [6, 6.07) is 12.3. The van der Waals surface area contributed by atoms with Crippen LogP contribution in [0, 0.1) is 11.8 Å². The van der Waals surface area contributed by atoms with Crippen LogP contribution in [0.4, 0.5) is 11.5 Å². The molecule has 1 aromatic heterocycles. The van der Waals surface area contributed by atoms with Gasteiger partial charge in [-0.25, -0.2) is 0 Å². The molecule has 0 radical (unpaired) electrons. The minimum Gasteiger partial charge on any atom is -0.444 e. The Labute approximate surface area is 239 Å². The Morgan fingerprint density at radius 1 is 1.13 bits per heavy atom. The summed E-state index contributed by atoms with van der Waals surface area (Å²) in [7, 11) is 0. The molecule has 0 N–H and O–H groups in total. The number of benzene rings is 2. The number of esters is 1. The fourth-order valence-electron chi connectivity index (χ4n) is 5.71. The first-order valence-corrected chi connectivity index (χ1v) is 15.0. The first-order chi connectivity index (χ1) is 18.8. The van der Waals surface area contributed by atoms with Gasteiger partial charge in [0.2, 0.25) is 5.91 Å². The number of piperazine rings is 1. The fraction of sp³-hybridized carbons (Fsp3) is 0.500. The molecule has 2 aromatic carbocycles. The van der Waals surface area contributed by atoms with Gasteiger partial charge in [-0.1, -0.05) is 50.6 Å². The van der Waals surface area contributed by atoms with Gasteiger partial charge in [0, 0.05) is 49.6 Å². The van der Waals surface area contributed by atoms with Gasteiger partial charge in [0.1, 0.15) is 5.82 Å². The molecule has 1 fully saturated rings. The summed E-state index contributed by atoms with van der Waals surface area (Å²) in [5.74, 6) is 1.56. The monoisotopic (exact) mass is 568 g/mol. The van der Waals surface area contributed by atoms with Crippen molar-refractivity contribution in [2.45, 2.75) is 46.5 Å². The Balaban J connectivity index is 1.13. The zero-order chi connectivity index (χ0) is 27.5. The number of nitrogens with zero attached hydrogens (tertiary/aromatic N) is 4. The van der Waals surface area contributed by atoms with Crippen molar-refractivity contribution < 1.29 is 14.3 Å². The summed E-state index contributed by atoms with van der Waals surface area (Å²) in [5.41, 5.74) is 2.75. The normalized spacial score (nSPS) is 16.8. The summed E-state index contributed by atoms with van der Waals surface area (Å²) in [4.78, 5) is 31.4. The maximum absolute atomic E-state index is 12.7. The summed E-state index contributed by atoms with van der Waals surface area (Å²) < 4.78 is 11.4. The number of hydrogen-bond acceptors (Lipinski definition) is 7. The topological polar surface area (TPSA) is 66.0 Å². The molecule has 1 saturated heterocycles. The number of hydrogen-bond donors (Lipinski definition) is 0. The predicted octanol–water partition coefficient (Wildman–Crippen LogP) is 5.78. The van der Waals surface area contributed by atoms with E-state index in [2.05, 4.69) is 60.9 Å². The van der Waals surface area contributed by atoms with Crippen molar-refractivity contribution >= 4 is 56.6 Å². The third-order valence-corrected chi connectivity index (χ3v) is 8.82. The van der Waals surface area contributed by atoms with E-state index < -0.39 is 0 Å². The van der Waals surface area contributed by atoms with Gasteiger partial charge in [-0.15, -0.1) is 0 Å². The zero-order valence-corrected chi connectivity index (χ0v) is 24.6. The molecule has 1 atom stereocenters. The van der Waals surface area contributed by atoms with Gasteiger partial charge in [-0.2, -0.15) is 4.37 Å². The average molecular weight is 569 g/mol. The van der Waals surface area contributed by atoms with Crippen LogP contribution in [0.3, 0.4) is 0 Å². The lowest BCUT2D eigenvalue weighted by molar-refractivity contribution is -0.145. The lowest BCUT2D eigenvalue weighted by Crippen LogP contribution is -2.47. The quantitative estimate of drug-likeness (QED) is 0.289. The summed E-state index contributed by atoms with van der Waals surface area (Å²) in [6.07, 6.45) is 2.46. The minimum atomic E-state index is -0.268. The van der Waals surface area contributed by atoms with E-state index in [0.717, 1.165) is 68.2 Å². The van der Waals surface area contributed by atoms with E-state index in [1.165, 1.54) is 15.0 Å². The van der Waals surface area contributed by atoms with E-state index in [1.54, 1.807) is 11.5 Å². The lowest BCUT2D eigenvalue weighted by Gasteiger charge is -2.35. The molecule has 2 aliphatic rings. The molecule has 39 heavy (non-hydrogen) atoms. The van der Waals surface area contributed by atoms with Crippen LogP contribution in [0.2, 0.25) is 5.02 Å². The second kappa shape index (κ2) is 12.2. The van der Waals surface area contributed by atoms with Crippen LogP contribution in [0.25, 0.3) is 10.1 Å². The number of aromatic nitrogens is 1. The van der Waals surface area contributed by atoms with Crippen LogP contribution < -0.4 is 9.80 Å². The van der Waals surface area contributed by atoms with Crippen molar-refractivity contribution in [1.29, 1.82) is 0 Å². The second-order valence-corrected chi connectivity index (χ2v) is 12.4. The number of anilines is 2. The summed E-state index contributed by atoms with van der Waals surface area (Å²) in [5, 5.41) is 1.89. The van der Waals surface area contributed by atoms with Crippen LogP contribution in [-0.4, -0.2) is 60.6 Å². The van der Waals surface area contributed by atoms with Crippen molar-refractivity contribution in [3.05, 3.63) is 52.5 Å². The lowest BCUT2D eigenvalue weighted by atomic mass is 9.96. The SMILES string of the molecule is CC(C)CC(C)CC(=O)OCN1C(=O)Cc2cc(CCN3CCN(c4nsc5ccccc45)CC3)c(Cl)cc21. The smallest absolute Gasteiger partial charge is 0.307 e. The number of carbonyl (C=O) groups is 2. The molecule has 3 heterocycles. The number of fused-ring (bicyclic) bond motifs is 2. The van der Waals surface area contributed by atoms with Gasteiger partial charge in [0.25, 0.3) is 0 Å². The molecule has 2 aliphatic heterocycles. The fourth-order valence-corrected chi connectivity index (χ4v) is 6.76. The molecule has 0 aliphatic carbocycles. The second-order valence-electron chi connectivity index (χ2n) is 11.2. The van der Waals surface area contributed by atoms with Gasteiger partial charge in [0.05, 0.1) is 16.8 Å². The summed E-state index contributed by atoms with van der Waals surface area (Å²) >= 11 is 8.25. The molecule has 208 valence electrons. The zero-order valence-electron chi connectivity index (χ0n) is 23.0. The van der Waals surface area contributed by atoms with Crippen molar-refractivity contribution in [2.24, 2.45) is 11.8 Å². The largest absolute Gasteiger partial charge is 0.444 e. The maximum Gasteiger partial charge on any atom is 0.307 e. The molecule has 0 bridgehead atoms. The molecule has 1 amide bonds. The number of carbonyl (C=O) groups excluding carboxylic acids is 2. The Morgan fingerprint density at radius 3 is 2.67 bits per heavy atom. The molecule has 5 rings (SSSR count). The molecule has 9 heteroatoms. The number of ether oxygens (including phenoxy) is 1. The van der Waals surface area contributed by atoms with E-state index >= 15 is 0 Å². The molecule has 0 saturated carbocycles. The van der Waals surface area contributed by atoms with Crippen molar-refractivity contribution in [1.82, 2.24) is 9.27 Å². The Morgan fingerprint density at radius 2 is 1.90 bits per heavy atom. The van der Waals surface area contributed by atoms with Gasteiger partial charge < -0.3 is 9.64 Å². The first kappa shape index (κ1) is 27.9. The van der Waals surface area contributed by atoms with Crippen LogP contribution in [0.15, 0.2) is 36.4 Å². The van der Waals surface area contributed by atoms with E-state index in [9.17, 15) is 9.59 Å². The molecule has 0 spiro atoms. The van der Waals surface area contributed by atoms with E-state index in [0.29, 0.717) is 23.8 Å². The van der Waals surface area contributed by atoms with Crippen LogP contribution in [0.1, 0.15) is 44.7 Å². The van der Waals surface area contributed by atoms with Crippen LogP contribution in [0.5, 0.6) is 0 Å². The highest BCUT2D eigenvalue weighted by Gasteiger charge is 2.30.